The first kappa shape index (κ1) is 22.6. The molecule has 3 N–H and O–H groups in total. The quantitative estimate of drug-likeness (QED) is 0.561. The highest BCUT2D eigenvalue weighted by Crippen LogP contribution is 2.25. The third-order valence-electron chi connectivity index (χ3n) is 5.19. The number of nitrogens with zero attached hydrogens (tertiary/aromatic N) is 2. The molecule has 1 fully saturated rings. The van der Waals surface area contributed by atoms with Crippen LogP contribution in [0.1, 0.15) is 44.0 Å². The Labute approximate surface area is 191 Å². The molecule has 1 aliphatic rings. The zero-order chi connectivity index (χ0) is 23.6. The number of amides is 1. The van der Waals surface area contributed by atoms with Gasteiger partial charge in [0.1, 0.15) is 23.3 Å². The number of nitrogens with two attached hydrogens (primary N) is 1. The lowest BCUT2D eigenvalue weighted by Gasteiger charge is -2.31. The molecule has 0 aliphatic carbocycles. The highest BCUT2D eigenvalue weighted by Gasteiger charge is 2.26. The maximum atomic E-state index is 11.8. The van der Waals surface area contributed by atoms with Crippen LogP contribution in [0.15, 0.2) is 42.5 Å². The van der Waals surface area contributed by atoms with E-state index in [9.17, 15) is 9.59 Å². The molecule has 1 aliphatic heterocycles. The van der Waals surface area contributed by atoms with E-state index in [1.807, 2.05) is 24.3 Å². The van der Waals surface area contributed by atoms with E-state index < -0.39 is 17.7 Å². The number of carbonyl (C=O) groups excluding carboxylic acids is 2. The Bertz CT molecular complexity index is 1140. The van der Waals surface area contributed by atoms with Crippen molar-refractivity contribution in [1.29, 1.82) is 0 Å². The van der Waals surface area contributed by atoms with Gasteiger partial charge in [-0.05, 0) is 63.2 Å². The second-order valence-electron chi connectivity index (χ2n) is 9.01. The van der Waals surface area contributed by atoms with Gasteiger partial charge in [0, 0.05) is 37.1 Å². The largest absolute Gasteiger partial charge is 0.528 e. The summed E-state index contributed by atoms with van der Waals surface area (Å²) in [6, 6.07) is 12.8. The number of aromatic amines is 1. The molecule has 2 heterocycles. The molecular formula is C24H28N4O5. The van der Waals surface area contributed by atoms with Gasteiger partial charge >= 0.3 is 6.16 Å². The van der Waals surface area contributed by atoms with Crippen molar-refractivity contribution in [1.82, 2.24) is 15.0 Å². The lowest BCUT2D eigenvalue weighted by molar-refractivity contribution is -0.158. The Kier molecular flexibility index (Phi) is 6.24. The lowest BCUT2D eigenvalue weighted by Crippen LogP contribution is -2.40. The summed E-state index contributed by atoms with van der Waals surface area (Å²) in [6.45, 7) is 6.55. The number of aromatic nitrogens is 2. The van der Waals surface area contributed by atoms with Crippen LogP contribution in [0, 0.1) is 0 Å². The zero-order valence-electron chi connectivity index (χ0n) is 19.0. The number of fused-ring (bicyclic) bond motifs is 1. The highest BCUT2D eigenvalue weighted by atomic mass is 16.8. The van der Waals surface area contributed by atoms with Gasteiger partial charge in [0.25, 0.3) is 0 Å². The monoisotopic (exact) mass is 452 g/mol. The van der Waals surface area contributed by atoms with Crippen molar-refractivity contribution in [3.05, 3.63) is 48.0 Å². The van der Waals surface area contributed by atoms with Gasteiger partial charge in [-0.1, -0.05) is 0 Å². The van der Waals surface area contributed by atoms with Crippen molar-refractivity contribution >= 4 is 23.1 Å². The number of primary amides is 1. The zero-order valence-corrected chi connectivity index (χ0v) is 19.0. The Balaban J connectivity index is 1.32. The lowest BCUT2D eigenvalue weighted by atomic mass is 10.1. The summed E-state index contributed by atoms with van der Waals surface area (Å²) in [5, 5.41) is 1.61. The number of hydrogen-bond donors (Lipinski definition) is 2. The number of piperidine rings is 1. The third-order valence-corrected chi connectivity index (χ3v) is 5.19. The molecule has 4 rings (SSSR count). The number of rotatable bonds is 5. The van der Waals surface area contributed by atoms with Gasteiger partial charge in [-0.25, -0.2) is 9.78 Å². The number of hydroxylamine groups is 2. The van der Waals surface area contributed by atoms with Gasteiger partial charge in [0.05, 0.1) is 11.0 Å². The van der Waals surface area contributed by atoms with Crippen molar-refractivity contribution in [2.45, 2.75) is 45.3 Å². The van der Waals surface area contributed by atoms with Crippen molar-refractivity contribution in [2.75, 3.05) is 13.1 Å². The molecule has 174 valence electrons. The number of hydrogen-bond acceptors (Lipinski definition) is 7. The minimum Gasteiger partial charge on any atom is -0.490 e. The molecule has 0 atom stereocenters. The van der Waals surface area contributed by atoms with Gasteiger partial charge in [-0.3, -0.25) is 4.79 Å². The molecule has 9 nitrogen and oxygen atoms in total. The van der Waals surface area contributed by atoms with Crippen molar-refractivity contribution in [3.63, 3.8) is 0 Å². The fourth-order valence-corrected chi connectivity index (χ4v) is 3.59. The smallest absolute Gasteiger partial charge is 0.490 e. The SMILES string of the molecule is CC(C)(C)OC(=O)ON1CCC(Oc2ccc(-c3nc4cc(C(N)=O)ccc4[nH]3)cc2)CC1. The van der Waals surface area contributed by atoms with E-state index in [4.69, 9.17) is 20.0 Å². The molecule has 0 bridgehead atoms. The van der Waals surface area contributed by atoms with Gasteiger partial charge in [-0.15, -0.1) is 5.06 Å². The first-order valence-electron chi connectivity index (χ1n) is 10.9. The van der Waals surface area contributed by atoms with E-state index >= 15 is 0 Å². The van der Waals surface area contributed by atoms with E-state index in [2.05, 4.69) is 9.97 Å². The van der Waals surface area contributed by atoms with E-state index in [-0.39, 0.29) is 6.10 Å². The highest BCUT2D eigenvalue weighted by molar-refractivity contribution is 5.96. The van der Waals surface area contributed by atoms with E-state index in [1.165, 1.54) is 0 Å². The Morgan fingerprint density at radius 2 is 1.79 bits per heavy atom. The van der Waals surface area contributed by atoms with Crippen LogP contribution in [0.2, 0.25) is 0 Å². The van der Waals surface area contributed by atoms with E-state index in [0.29, 0.717) is 30.0 Å². The summed E-state index contributed by atoms with van der Waals surface area (Å²) in [5.74, 6) is 0.980. The molecule has 1 saturated heterocycles. The van der Waals surface area contributed by atoms with Gasteiger partial charge in [0.15, 0.2) is 0 Å². The average molecular weight is 453 g/mol. The Morgan fingerprint density at radius 1 is 1.09 bits per heavy atom. The molecular weight excluding hydrogens is 424 g/mol. The van der Waals surface area contributed by atoms with Crippen molar-refractivity contribution in [2.24, 2.45) is 5.73 Å². The number of nitrogens with one attached hydrogen (secondary N) is 1. The van der Waals surface area contributed by atoms with E-state index in [1.54, 1.807) is 44.0 Å². The summed E-state index contributed by atoms with van der Waals surface area (Å²) in [6.07, 6.45) is 0.814. The fraction of sp³-hybridized carbons (Fsp3) is 0.375. The van der Waals surface area contributed by atoms with Gasteiger partial charge in [0.2, 0.25) is 5.91 Å². The fourth-order valence-electron chi connectivity index (χ4n) is 3.59. The minimum absolute atomic E-state index is 0.0350. The molecule has 3 aromatic rings. The number of carbonyl (C=O) groups is 2. The maximum Gasteiger partial charge on any atom is 0.528 e. The summed E-state index contributed by atoms with van der Waals surface area (Å²) in [4.78, 5) is 36.3. The molecule has 2 aromatic carbocycles. The van der Waals surface area contributed by atoms with Gasteiger partial charge in [-0.2, -0.15) is 0 Å². The van der Waals surface area contributed by atoms with Crippen LogP contribution in [0.3, 0.4) is 0 Å². The van der Waals surface area contributed by atoms with Crippen LogP contribution in [-0.2, 0) is 9.57 Å². The molecule has 0 spiro atoms. The molecule has 9 heteroatoms. The maximum absolute atomic E-state index is 11.8. The molecule has 33 heavy (non-hydrogen) atoms. The first-order chi connectivity index (χ1) is 15.7. The van der Waals surface area contributed by atoms with Crippen LogP contribution in [0.4, 0.5) is 4.79 Å². The Morgan fingerprint density at radius 3 is 2.42 bits per heavy atom. The van der Waals surface area contributed by atoms with Crippen molar-refractivity contribution < 1.29 is 23.9 Å². The van der Waals surface area contributed by atoms with Crippen molar-refractivity contribution in [3.8, 4) is 17.1 Å². The molecule has 1 amide bonds. The Hall–Kier alpha value is -3.59. The predicted molar refractivity (Wildman–Crippen MR) is 123 cm³/mol. The predicted octanol–water partition coefficient (Wildman–Crippen LogP) is 4.04. The molecule has 0 saturated carbocycles. The normalized spacial score (nSPS) is 15.4. The second kappa shape index (κ2) is 9.11. The second-order valence-corrected chi connectivity index (χ2v) is 9.01. The van der Waals surface area contributed by atoms with Crippen LogP contribution >= 0.6 is 0 Å². The standard InChI is InChI=1S/C24H28N4O5/c1-24(2,3)32-23(30)33-28-12-10-18(11-13-28)31-17-7-4-15(5-8-17)22-26-19-9-6-16(21(25)29)14-20(19)27-22/h4-9,14,18H,10-13H2,1-3H3,(H2,25,29)(H,26,27). The number of imidazole rings is 1. The summed E-state index contributed by atoms with van der Waals surface area (Å²) >= 11 is 0. The molecule has 0 unspecified atom stereocenters. The van der Waals surface area contributed by atoms with Crippen LogP contribution in [-0.4, -0.2) is 51.9 Å². The van der Waals surface area contributed by atoms with Crippen LogP contribution in [0.25, 0.3) is 22.4 Å². The average Bonchev–Trinajstić information content (AvgIpc) is 3.17. The minimum atomic E-state index is -0.686. The number of ether oxygens (including phenoxy) is 2. The topological polar surface area (TPSA) is 120 Å². The number of benzene rings is 2. The van der Waals surface area contributed by atoms with Gasteiger partial charge < -0.3 is 25.0 Å². The number of H-pyrrole nitrogens is 1. The molecule has 1 aromatic heterocycles. The summed E-state index contributed by atoms with van der Waals surface area (Å²) in [7, 11) is 0. The molecule has 0 radical (unpaired) electrons. The van der Waals surface area contributed by atoms with E-state index in [0.717, 1.165) is 29.7 Å². The summed E-state index contributed by atoms with van der Waals surface area (Å²) in [5.41, 5.74) is 7.60. The summed E-state index contributed by atoms with van der Waals surface area (Å²) < 4.78 is 11.3. The van der Waals surface area contributed by atoms with Crippen LogP contribution in [0.5, 0.6) is 5.75 Å². The van der Waals surface area contributed by atoms with Crippen LogP contribution < -0.4 is 10.5 Å². The third kappa shape index (κ3) is 5.81. The first-order valence-corrected chi connectivity index (χ1v) is 10.9.